The lowest BCUT2D eigenvalue weighted by Crippen LogP contribution is -2.27. The summed E-state index contributed by atoms with van der Waals surface area (Å²) in [7, 11) is -3.88. The Balaban J connectivity index is 0.00000264. The summed E-state index contributed by atoms with van der Waals surface area (Å²) in [4.78, 5) is 10.2. The van der Waals surface area contributed by atoms with Gasteiger partial charge in [0.25, 0.3) is 5.69 Å². The number of aryl methyl sites for hydroxylation is 2. The van der Waals surface area contributed by atoms with Crippen molar-refractivity contribution < 1.29 is 13.3 Å². The highest BCUT2D eigenvalue weighted by Crippen LogP contribution is 2.27. The van der Waals surface area contributed by atoms with Gasteiger partial charge >= 0.3 is 0 Å². The molecule has 0 aliphatic carbocycles. The van der Waals surface area contributed by atoms with Crippen LogP contribution in [-0.4, -0.2) is 33.0 Å². The number of halogens is 1. The summed E-state index contributed by atoms with van der Waals surface area (Å²) >= 11 is 0. The Kier molecular flexibility index (Phi) is 6.94. The number of nitro groups is 1. The smallest absolute Gasteiger partial charge is 0.289 e. The van der Waals surface area contributed by atoms with Crippen molar-refractivity contribution in [2.45, 2.75) is 31.6 Å². The Labute approximate surface area is 142 Å². The summed E-state index contributed by atoms with van der Waals surface area (Å²) in [5, 5.41) is 14.3. The summed E-state index contributed by atoms with van der Waals surface area (Å²) in [5.74, 6) is 0.456. The van der Waals surface area contributed by atoms with Crippen molar-refractivity contribution in [3.8, 4) is 0 Å². The lowest BCUT2D eigenvalue weighted by molar-refractivity contribution is -0.387. The fraction of sp³-hybridized carbons (Fsp3) is 0.571. The molecule has 1 atom stereocenters. The second kappa shape index (κ2) is 8.05. The van der Waals surface area contributed by atoms with E-state index in [4.69, 9.17) is 0 Å². The minimum Gasteiger partial charge on any atom is -0.316 e. The van der Waals surface area contributed by atoms with Crippen LogP contribution < -0.4 is 10.0 Å². The maximum atomic E-state index is 12.4. The van der Waals surface area contributed by atoms with Crippen LogP contribution in [-0.2, 0) is 10.0 Å². The third kappa shape index (κ3) is 4.87. The molecule has 1 fully saturated rings. The van der Waals surface area contributed by atoms with E-state index in [0.717, 1.165) is 25.9 Å². The molecule has 0 aromatic heterocycles. The number of nitrogens with one attached hydrogen (secondary N) is 2. The zero-order valence-corrected chi connectivity index (χ0v) is 14.8. The van der Waals surface area contributed by atoms with Gasteiger partial charge in [-0.15, -0.1) is 12.4 Å². The molecule has 0 radical (unpaired) electrons. The van der Waals surface area contributed by atoms with Crippen LogP contribution in [0.15, 0.2) is 17.0 Å². The van der Waals surface area contributed by atoms with Crippen LogP contribution in [0, 0.1) is 29.9 Å². The standard InChI is InChI=1S/C14H21N3O4S.ClH/c1-10-7-13(17(18)19)14(8-11(10)2)22(20,21)16-6-4-12-3-5-15-9-12;/h7-8,12,15-16H,3-6,9H2,1-2H3;1H. The molecule has 9 heteroatoms. The molecule has 23 heavy (non-hydrogen) atoms. The van der Waals surface area contributed by atoms with E-state index in [0.29, 0.717) is 23.6 Å². The van der Waals surface area contributed by atoms with Crippen LogP contribution >= 0.6 is 12.4 Å². The second-order valence-electron chi connectivity index (χ2n) is 5.71. The summed E-state index contributed by atoms with van der Waals surface area (Å²) < 4.78 is 27.2. The molecular formula is C14H22ClN3O4S. The van der Waals surface area contributed by atoms with Crippen LogP contribution in [0.2, 0.25) is 0 Å². The SMILES string of the molecule is Cc1cc([N+](=O)[O-])c(S(=O)(=O)NCCC2CCNC2)cc1C.Cl. The molecule has 1 aliphatic heterocycles. The maximum Gasteiger partial charge on any atom is 0.289 e. The highest BCUT2D eigenvalue weighted by Gasteiger charge is 2.27. The zero-order valence-electron chi connectivity index (χ0n) is 13.2. The van der Waals surface area contributed by atoms with E-state index < -0.39 is 14.9 Å². The van der Waals surface area contributed by atoms with Crippen molar-refractivity contribution in [3.63, 3.8) is 0 Å². The van der Waals surface area contributed by atoms with Gasteiger partial charge in [-0.25, -0.2) is 13.1 Å². The Morgan fingerprint density at radius 3 is 2.57 bits per heavy atom. The van der Waals surface area contributed by atoms with Gasteiger partial charge in [-0.05, 0) is 62.9 Å². The van der Waals surface area contributed by atoms with Crippen molar-refractivity contribution in [2.75, 3.05) is 19.6 Å². The lowest BCUT2D eigenvalue weighted by Gasteiger charge is -2.11. The molecule has 0 bridgehead atoms. The third-order valence-corrected chi connectivity index (χ3v) is 5.56. The molecule has 2 rings (SSSR count). The predicted molar refractivity (Wildman–Crippen MR) is 90.6 cm³/mol. The molecular weight excluding hydrogens is 342 g/mol. The van der Waals surface area contributed by atoms with E-state index in [1.54, 1.807) is 13.8 Å². The Bertz CT molecular complexity index is 673. The van der Waals surface area contributed by atoms with Crippen LogP contribution in [0.25, 0.3) is 0 Å². The number of nitrogens with zero attached hydrogens (tertiary/aromatic N) is 1. The van der Waals surface area contributed by atoms with Crippen LogP contribution in [0.4, 0.5) is 5.69 Å². The Morgan fingerprint density at radius 2 is 2.00 bits per heavy atom. The molecule has 0 amide bonds. The van der Waals surface area contributed by atoms with Gasteiger partial charge in [-0.3, -0.25) is 10.1 Å². The number of hydrogen-bond donors (Lipinski definition) is 2. The molecule has 1 unspecified atom stereocenters. The molecule has 130 valence electrons. The van der Waals surface area contributed by atoms with E-state index in [1.807, 2.05) is 0 Å². The molecule has 0 spiro atoms. The normalized spacial score (nSPS) is 17.7. The quantitative estimate of drug-likeness (QED) is 0.593. The number of rotatable bonds is 6. The third-order valence-electron chi connectivity index (χ3n) is 4.07. The van der Waals surface area contributed by atoms with E-state index in [-0.39, 0.29) is 23.0 Å². The summed E-state index contributed by atoms with van der Waals surface area (Å²) in [5.41, 5.74) is 1.03. The van der Waals surface area contributed by atoms with E-state index >= 15 is 0 Å². The molecule has 0 saturated carbocycles. The largest absolute Gasteiger partial charge is 0.316 e. The fourth-order valence-corrected chi connectivity index (χ4v) is 3.85. The molecule has 1 aliphatic rings. The predicted octanol–water partition coefficient (Wildman–Crippen LogP) is 1.91. The lowest BCUT2D eigenvalue weighted by atomic mass is 10.1. The molecule has 1 heterocycles. The van der Waals surface area contributed by atoms with E-state index in [9.17, 15) is 18.5 Å². The highest BCUT2D eigenvalue weighted by molar-refractivity contribution is 7.89. The van der Waals surface area contributed by atoms with Gasteiger partial charge in [-0.1, -0.05) is 0 Å². The van der Waals surface area contributed by atoms with Gasteiger partial charge < -0.3 is 5.32 Å². The van der Waals surface area contributed by atoms with Crippen molar-refractivity contribution in [1.29, 1.82) is 0 Å². The zero-order chi connectivity index (χ0) is 16.3. The minimum atomic E-state index is -3.88. The number of hydrogen-bond acceptors (Lipinski definition) is 5. The second-order valence-corrected chi connectivity index (χ2v) is 7.44. The summed E-state index contributed by atoms with van der Waals surface area (Å²) in [6, 6.07) is 2.68. The maximum absolute atomic E-state index is 12.4. The monoisotopic (exact) mass is 363 g/mol. The Morgan fingerprint density at radius 1 is 1.35 bits per heavy atom. The topological polar surface area (TPSA) is 101 Å². The van der Waals surface area contributed by atoms with Crippen LogP contribution in [0.3, 0.4) is 0 Å². The molecule has 2 N–H and O–H groups in total. The van der Waals surface area contributed by atoms with E-state index in [2.05, 4.69) is 10.0 Å². The highest BCUT2D eigenvalue weighted by atomic mass is 35.5. The van der Waals surface area contributed by atoms with Crippen molar-refractivity contribution in [3.05, 3.63) is 33.4 Å². The van der Waals surface area contributed by atoms with Crippen molar-refractivity contribution in [2.24, 2.45) is 5.92 Å². The average molecular weight is 364 g/mol. The van der Waals surface area contributed by atoms with Gasteiger partial charge in [-0.2, -0.15) is 0 Å². The average Bonchev–Trinajstić information content (AvgIpc) is 2.94. The minimum absolute atomic E-state index is 0. The van der Waals surface area contributed by atoms with Crippen molar-refractivity contribution in [1.82, 2.24) is 10.0 Å². The van der Waals surface area contributed by atoms with Gasteiger partial charge in [0, 0.05) is 12.6 Å². The van der Waals surface area contributed by atoms with Gasteiger partial charge in [0.15, 0.2) is 4.90 Å². The number of nitro benzene ring substituents is 1. The van der Waals surface area contributed by atoms with Gasteiger partial charge in [0.2, 0.25) is 10.0 Å². The van der Waals surface area contributed by atoms with Crippen molar-refractivity contribution >= 4 is 28.1 Å². The molecule has 1 aromatic rings. The first-order chi connectivity index (χ1) is 10.3. The number of sulfonamides is 1. The van der Waals surface area contributed by atoms with Gasteiger partial charge in [0.05, 0.1) is 4.92 Å². The first-order valence-corrected chi connectivity index (χ1v) is 8.75. The summed E-state index contributed by atoms with van der Waals surface area (Å²) in [6.45, 7) is 5.60. The number of benzene rings is 1. The molecule has 7 nitrogen and oxygen atoms in total. The van der Waals surface area contributed by atoms with Crippen LogP contribution in [0.5, 0.6) is 0 Å². The molecule has 1 saturated heterocycles. The summed E-state index contributed by atoms with van der Waals surface area (Å²) in [6.07, 6.45) is 1.76. The van der Waals surface area contributed by atoms with E-state index in [1.165, 1.54) is 12.1 Å². The van der Waals surface area contributed by atoms with Gasteiger partial charge in [0.1, 0.15) is 0 Å². The van der Waals surface area contributed by atoms with Crippen LogP contribution in [0.1, 0.15) is 24.0 Å². The fourth-order valence-electron chi connectivity index (χ4n) is 2.57. The first-order valence-electron chi connectivity index (χ1n) is 7.27. The Hall–Kier alpha value is -1.22. The molecule has 1 aromatic carbocycles. The first kappa shape index (κ1) is 19.8.